The number of aliphatic imine (C=N–C) groups is 1. The summed E-state index contributed by atoms with van der Waals surface area (Å²) >= 11 is 6.11. The Morgan fingerprint density at radius 3 is 2.83 bits per heavy atom. The molecular formula is C16H17ClN4O3. The summed E-state index contributed by atoms with van der Waals surface area (Å²) in [6.07, 6.45) is 0. The third-order valence-corrected chi connectivity index (χ3v) is 4.69. The van der Waals surface area contributed by atoms with Gasteiger partial charge in [0.25, 0.3) is 0 Å². The predicted octanol–water partition coefficient (Wildman–Crippen LogP) is 1.20. The fourth-order valence-electron chi connectivity index (χ4n) is 3.23. The fourth-order valence-corrected chi connectivity index (χ4v) is 3.40. The van der Waals surface area contributed by atoms with Crippen LogP contribution in [0.4, 0.5) is 10.5 Å². The Balaban J connectivity index is 1.66. The van der Waals surface area contributed by atoms with E-state index in [0.717, 1.165) is 5.56 Å². The fraction of sp³-hybridized carbons (Fsp3) is 0.438. The number of fused-ring (bicyclic) bond motifs is 3. The van der Waals surface area contributed by atoms with Gasteiger partial charge < -0.3 is 9.64 Å². The number of rotatable bonds is 2. The van der Waals surface area contributed by atoms with Crippen molar-refractivity contribution in [1.29, 1.82) is 0 Å². The van der Waals surface area contributed by atoms with Crippen LogP contribution >= 0.6 is 11.6 Å². The van der Waals surface area contributed by atoms with Gasteiger partial charge in [-0.05, 0) is 18.2 Å². The molecule has 8 heteroatoms. The van der Waals surface area contributed by atoms with Crippen molar-refractivity contribution in [3.63, 3.8) is 0 Å². The molecule has 1 fully saturated rings. The van der Waals surface area contributed by atoms with Crippen LogP contribution in [0.5, 0.6) is 0 Å². The van der Waals surface area contributed by atoms with Gasteiger partial charge in [-0.1, -0.05) is 11.6 Å². The molecule has 3 heterocycles. The summed E-state index contributed by atoms with van der Waals surface area (Å²) in [5.74, 6) is 0.582. The molecule has 3 aliphatic rings. The number of carbonyl (C=O) groups is 2. The molecule has 1 saturated heterocycles. The van der Waals surface area contributed by atoms with Crippen LogP contribution < -0.4 is 4.90 Å². The number of ether oxygens (including phenoxy) is 1. The van der Waals surface area contributed by atoms with Crippen molar-refractivity contribution in [2.24, 2.45) is 4.99 Å². The quantitative estimate of drug-likeness (QED) is 0.806. The topological polar surface area (TPSA) is 65.5 Å². The highest BCUT2D eigenvalue weighted by Crippen LogP contribution is 2.33. The lowest BCUT2D eigenvalue weighted by molar-refractivity contribution is -0.133. The molecule has 126 valence electrons. The maximum atomic E-state index is 12.8. The van der Waals surface area contributed by atoms with Crippen molar-refractivity contribution < 1.29 is 14.3 Å². The van der Waals surface area contributed by atoms with Crippen molar-refractivity contribution in [3.8, 4) is 0 Å². The third-order valence-electron chi connectivity index (χ3n) is 4.45. The zero-order valence-electron chi connectivity index (χ0n) is 13.1. The molecule has 0 atom stereocenters. The number of halogens is 1. The molecule has 0 bridgehead atoms. The predicted molar refractivity (Wildman–Crippen MR) is 89.7 cm³/mol. The largest absolute Gasteiger partial charge is 0.378 e. The molecule has 0 spiro atoms. The van der Waals surface area contributed by atoms with E-state index in [4.69, 9.17) is 16.3 Å². The molecule has 0 N–H and O–H groups in total. The summed E-state index contributed by atoms with van der Waals surface area (Å²) in [4.78, 5) is 34.7. The molecule has 24 heavy (non-hydrogen) atoms. The second-order valence-corrected chi connectivity index (χ2v) is 6.32. The van der Waals surface area contributed by atoms with Gasteiger partial charge in [-0.15, -0.1) is 0 Å². The average Bonchev–Trinajstić information content (AvgIpc) is 3.09. The Morgan fingerprint density at radius 2 is 2.04 bits per heavy atom. The number of nitrogens with zero attached hydrogens (tertiary/aromatic N) is 4. The Bertz CT molecular complexity index is 730. The highest BCUT2D eigenvalue weighted by molar-refractivity contribution is 6.31. The highest BCUT2D eigenvalue weighted by atomic mass is 35.5. The first kappa shape index (κ1) is 15.4. The molecule has 0 aromatic heterocycles. The lowest BCUT2D eigenvalue weighted by atomic mass is 10.1. The number of benzene rings is 1. The van der Waals surface area contributed by atoms with Gasteiger partial charge in [-0.3, -0.25) is 19.6 Å². The Labute approximate surface area is 144 Å². The molecule has 3 amide bonds. The number of anilines is 1. The molecule has 0 aliphatic carbocycles. The molecule has 0 radical (unpaired) electrons. The van der Waals surface area contributed by atoms with E-state index >= 15 is 0 Å². The number of urea groups is 1. The standard InChI is InChI=1S/C16H17ClN4O3/c17-11-1-2-12-13(9-11)21(16(23)20-4-3-18-15(12)20)10-14(22)19-5-7-24-8-6-19/h1-2,9H,3-8,10H2. The van der Waals surface area contributed by atoms with E-state index in [1.165, 1.54) is 4.90 Å². The van der Waals surface area contributed by atoms with Gasteiger partial charge >= 0.3 is 6.03 Å². The first-order valence-electron chi connectivity index (χ1n) is 7.94. The van der Waals surface area contributed by atoms with Crippen molar-refractivity contribution in [1.82, 2.24) is 9.80 Å². The first-order valence-corrected chi connectivity index (χ1v) is 8.32. The van der Waals surface area contributed by atoms with Crippen LogP contribution in [0.1, 0.15) is 5.56 Å². The van der Waals surface area contributed by atoms with Gasteiger partial charge in [-0.25, -0.2) is 4.79 Å². The summed E-state index contributed by atoms with van der Waals surface area (Å²) < 4.78 is 5.27. The van der Waals surface area contributed by atoms with E-state index in [2.05, 4.69) is 4.99 Å². The number of amides is 3. The number of amidine groups is 1. The third kappa shape index (κ3) is 2.53. The Kier molecular flexibility index (Phi) is 3.90. The summed E-state index contributed by atoms with van der Waals surface area (Å²) in [7, 11) is 0. The number of hydrogen-bond acceptors (Lipinski definition) is 4. The lowest BCUT2D eigenvalue weighted by Crippen LogP contribution is -2.54. The first-order chi connectivity index (χ1) is 11.6. The summed E-state index contributed by atoms with van der Waals surface area (Å²) in [5, 5.41) is 0.525. The number of morpholine rings is 1. The molecular weight excluding hydrogens is 332 g/mol. The van der Waals surface area contributed by atoms with E-state index in [9.17, 15) is 9.59 Å². The van der Waals surface area contributed by atoms with Gasteiger partial charge in [0.15, 0.2) is 0 Å². The van der Waals surface area contributed by atoms with Gasteiger partial charge in [0.05, 0.1) is 25.4 Å². The minimum atomic E-state index is -0.220. The van der Waals surface area contributed by atoms with E-state index in [1.807, 2.05) is 6.07 Å². The Morgan fingerprint density at radius 1 is 1.25 bits per heavy atom. The monoisotopic (exact) mass is 348 g/mol. The van der Waals surface area contributed by atoms with Crippen LogP contribution in [0.3, 0.4) is 0 Å². The number of carbonyl (C=O) groups excluding carboxylic acids is 2. The van der Waals surface area contributed by atoms with Gasteiger partial charge in [0.2, 0.25) is 5.91 Å². The normalized spacial score (nSPS) is 20.0. The lowest BCUT2D eigenvalue weighted by Gasteiger charge is -2.36. The second-order valence-electron chi connectivity index (χ2n) is 5.88. The minimum Gasteiger partial charge on any atom is -0.378 e. The van der Waals surface area contributed by atoms with Crippen molar-refractivity contribution in [2.45, 2.75) is 0 Å². The molecule has 7 nitrogen and oxygen atoms in total. The van der Waals surface area contributed by atoms with Crippen LogP contribution in [0, 0.1) is 0 Å². The van der Waals surface area contributed by atoms with E-state index in [1.54, 1.807) is 21.9 Å². The van der Waals surface area contributed by atoms with Crippen molar-refractivity contribution in [3.05, 3.63) is 28.8 Å². The molecule has 1 aromatic rings. The van der Waals surface area contributed by atoms with Crippen LogP contribution in [-0.2, 0) is 9.53 Å². The maximum absolute atomic E-state index is 12.8. The average molecular weight is 349 g/mol. The van der Waals surface area contributed by atoms with E-state index < -0.39 is 0 Å². The summed E-state index contributed by atoms with van der Waals surface area (Å²) in [5.41, 5.74) is 1.48. The SMILES string of the molecule is O=C(CN1C(=O)N2CCN=C2c2ccc(Cl)cc21)N1CCOCC1. The van der Waals surface area contributed by atoms with Gasteiger partial charge in [-0.2, -0.15) is 0 Å². The zero-order valence-corrected chi connectivity index (χ0v) is 13.8. The molecule has 3 aliphatic heterocycles. The van der Waals surface area contributed by atoms with E-state index in [-0.39, 0.29) is 18.5 Å². The zero-order chi connectivity index (χ0) is 16.7. The smallest absolute Gasteiger partial charge is 0.330 e. The highest BCUT2D eigenvalue weighted by Gasteiger charge is 2.38. The number of hydrogen-bond donors (Lipinski definition) is 0. The van der Waals surface area contributed by atoms with Crippen LogP contribution in [0.25, 0.3) is 0 Å². The van der Waals surface area contributed by atoms with E-state index in [0.29, 0.717) is 55.9 Å². The maximum Gasteiger partial charge on any atom is 0.330 e. The van der Waals surface area contributed by atoms with Crippen molar-refractivity contribution in [2.75, 3.05) is 50.8 Å². The van der Waals surface area contributed by atoms with Crippen LogP contribution in [0.2, 0.25) is 5.02 Å². The van der Waals surface area contributed by atoms with Crippen molar-refractivity contribution >= 4 is 35.1 Å². The molecule has 0 saturated carbocycles. The minimum absolute atomic E-state index is 0.00401. The summed E-state index contributed by atoms with van der Waals surface area (Å²) in [6, 6.07) is 5.13. The van der Waals surface area contributed by atoms with Crippen LogP contribution in [0.15, 0.2) is 23.2 Å². The van der Waals surface area contributed by atoms with Crippen LogP contribution in [-0.4, -0.2) is 73.5 Å². The van der Waals surface area contributed by atoms with Gasteiger partial charge in [0, 0.05) is 30.2 Å². The second kappa shape index (κ2) is 6.07. The summed E-state index contributed by atoms with van der Waals surface area (Å²) in [6.45, 7) is 3.29. The van der Waals surface area contributed by atoms with Gasteiger partial charge in [0.1, 0.15) is 12.4 Å². The molecule has 1 aromatic carbocycles. The molecule has 0 unspecified atom stereocenters. The Hall–Kier alpha value is -2.12. The molecule has 4 rings (SSSR count).